The zero-order valence-electron chi connectivity index (χ0n) is 16.0. The molecule has 0 bridgehead atoms. The second kappa shape index (κ2) is 6.13. The summed E-state index contributed by atoms with van der Waals surface area (Å²) in [6.07, 6.45) is 2.00. The topological polar surface area (TPSA) is 8.17 Å². The van der Waals surface area contributed by atoms with Crippen LogP contribution in [-0.4, -0.2) is 18.7 Å². The number of nitrogens with zero attached hydrogens (tertiary/aromatic N) is 2. The van der Waals surface area contributed by atoms with E-state index in [2.05, 4.69) is 94.9 Å². The minimum absolute atomic E-state index is 0.979. The summed E-state index contributed by atoms with van der Waals surface area (Å²) >= 11 is 4.01. The maximum absolute atomic E-state index is 4.01. The van der Waals surface area contributed by atoms with E-state index in [1.165, 1.54) is 54.2 Å². The van der Waals surface area contributed by atoms with Gasteiger partial charge in [0.2, 0.25) is 0 Å². The van der Waals surface area contributed by atoms with Gasteiger partial charge in [0.05, 0.1) is 11.2 Å². The Labute approximate surface area is 168 Å². The highest BCUT2D eigenvalue weighted by Crippen LogP contribution is 2.47. The van der Waals surface area contributed by atoms with Crippen molar-refractivity contribution in [1.29, 1.82) is 0 Å². The van der Waals surface area contributed by atoms with Gasteiger partial charge in [-0.2, -0.15) is 0 Å². The quantitative estimate of drug-likeness (QED) is 0.334. The van der Waals surface area contributed by atoms with Gasteiger partial charge in [-0.3, -0.25) is 0 Å². The lowest BCUT2D eigenvalue weighted by molar-refractivity contribution is 0.819. The molecule has 0 unspecified atom stereocenters. The van der Waals surface area contributed by atoms with Crippen LogP contribution in [0.15, 0.2) is 53.0 Å². The van der Waals surface area contributed by atoms with E-state index < -0.39 is 0 Å². The van der Waals surface area contributed by atoms with Crippen LogP contribution >= 0.6 is 15.9 Å². The molecule has 3 aromatic carbocycles. The first kappa shape index (κ1) is 16.9. The second-order valence-corrected chi connectivity index (χ2v) is 8.41. The zero-order valence-corrected chi connectivity index (χ0v) is 17.6. The van der Waals surface area contributed by atoms with Crippen molar-refractivity contribution in [3.63, 3.8) is 0 Å². The minimum atomic E-state index is 0.979. The maximum Gasteiger partial charge on any atom is 0.0610 e. The Bertz CT molecular complexity index is 1200. The van der Waals surface area contributed by atoms with Crippen LogP contribution in [0, 0.1) is 0 Å². The highest BCUT2D eigenvalue weighted by atomic mass is 79.9. The van der Waals surface area contributed by atoms with Gasteiger partial charge in [-0.05, 0) is 57.6 Å². The molecule has 1 heterocycles. The van der Waals surface area contributed by atoms with Gasteiger partial charge in [0.25, 0.3) is 0 Å². The van der Waals surface area contributed by atoms with Crippen LogP contribution in [0.25, 0.3) is 21.8 Å². The Kier molecular flexibility index (Phi) is 3.83. The van der Waals surface area contributed by atoms with E-state index in [1.54, 1.807) is 0 Å². The molecule has 3 heteroatoms. The number of rotatable bonds is 2. The number of fused-ring (bicyclic) bond motifs is 6. The number of hydrogen-bond donors (Lipinski definition) is 0. The molecule has 0 aliphatic heterocycles. The van der Waals surface area contributed by atoms with Gasteiger partial charge in [-0.15, -0.1) is 0 Å². The molecule has 0 fully saturated rings. The lowest BCUT2D eigenvalue weighted by Crippen LogP contribution is -2.15. The van der Waals surface area contributed by atoms with Crippen LogP contribution in [-0.2, 0) is 19.4 Å². The lowest BCUT2D eigenvalue weighted by Gasteiger charge is -2.27. The molecule has 27 heavy (non-hydrogen) atoms. The Hall–Kier alpha value is -2.26. The van der Waals surface area contributed by atoms with Gasteiger partial charge in [-0.25, -0.2) is 0 Å². The molecule has 0 radical (unpaired) electrons. The molecule has 1 aliphatic rings. The van der Waals surface area contributed by atoms with Gasteiger partial charge < -0.3 is 9.47 Å². The normalized spacial score (nSPS) is 13.0. The molecule has 0 atom stereocenters. The molecule has 136 valence electrons. The third-order valence-corrected chi connectivity index (χ3v) is 6.80. The molecule has 0 saturated heterocycles. The molecule has 1 aromatic heterocycles. The van der Waals surface area contributed by atoms with Crippen molar-refractivity contribution in [2.75, 3.05) is 19.0 Å². The Morgan fingerprint density at radius 2 is 1.56 bits per heavy atom. The number of para-hydroxylation sites is 1. The lowest BCUT2D eigenvalue weighted by atomic mass is 9.84. The van der Waals surface area contributed by atoms with Crippen LogP contribution < -0.4 is 4.90 Å². The standard InChI is InChI=1S/C24H23BrN2/c1-4-27-20-12-8-7-11-17(20)21-23(27)19-14-16-10-6-5-9-15(16)13-18(19)22(25)24(21)26(2)3/h5-12H,4,13-14H2,1-3H3. The predicted octanol–water partition coefficient (Wildman–Crippen LogP) is 6.14. The van der Waals surface area contributed by atoms with Crippen molar-refractivity contribution >= 4 is 43.4 Å². The minimum Gasteiger partial charge on any atom is -0.376 e. The average molecular weight is 419 g/mol. The third kappa shape index (κ3) is 2.31. The van der Waals surface area contributed by atoms with E-state index in [0.717, 1.165) is 19.4 Å². The summed E-state index contributed by atoms with van der Waals surface area (Å²) in [5, 5.41) is 2.72. The molecule has 0 saturated carbocycles. The molecule has 4 aromatic rings. The zero-order chi connectivity index (χ0) is 18.7. The molecule has 0 spiro atoms. The smallest absolute Gasteiger partial charge is 0.0610 e. The van der Waals surface area contributed by atoms with Crippen LogP contribution in [0.5, 0.6) is 0 Å². The SMILES string of the molecule is CCn1c2ccccc2c2c(N(C)C)c(Br)c3c(c21)Cc1ccccc1C3. The number of aryl methyl sites for hydroxylation is 1. The average Bonchev–Trinajstić information content (AvgIpc) is 3.01. The van der Waals surface area contributed by atoms with E-state index in [4.69, 9.17) is 0 Å². The molecule has 0 amide bonds. The molecule has 2 nitrogen and oxygen atoms in total. The van der Waals surface area contributed by atoms with E-state index in [0.29, 0.717) is 0 Å². The summed E-state index contributed by atoms with van der Waals surface area (Å²) in [4.78, 5) is 2.26. The van der Waals surface area contributed by atoms with Gasteiger partial charge in [-0.1, -0.05) is 42.5 Å². The van der Waals surface area contributed by atoms with Gasteiger partial charge in [0.15, 0.2) is 0 Å². The van der Waals surface area contributed by atoms with E-state index in [9.17, 15) is 0 Å². The number of halogens is 1. The van der Waals surface area contributed by atoms with Crippen LogP contribution in [0.2, 0.25) is 0 Å². The third-order valence-electron chi connectivity index (χ3n) is 5.95. The van der Waals surface area contributed by atoms with Crippen molar-refractivity contribution in [2.24, 2.45) is 0 Å². The van der Waals surface area contributed by atoms with E-state index in [1.807, 2.05) is 0 Å². The Morgan fingerprint density at radius 3 is 2.22 bits per heavy atom. The van der Waals surface area contributed by atoms with Gasteiger partial charge >= 0.3 is 0 Å². The first-order chi connectivity index (χ1) is 13.1. The van der Waals surface area contributed by atoms with Gasteiger partial charge in [0.1, 0.15) is 0 Å². The number of aromatic nitrogens is 1. The fraction of sp³-hybridized carbons (Fsp3) is 0.250. The van der Waals surface area contributed by atoms with Crippen LogP contribution in [0.1, 0.15) is 29.2 Å². The first-order valence-electron chi connectivity index (χ1n) is 9.60. The van der Waals surface area contributed by atoms with Crippen molar-refractivity contribution in [3.05, 3.63) is 75.3 Å². The summed E-state index contributed by atoms with van der Waals surface area (Å²) in [6.45, 7) is 3.24. The van der Waals surface area contributed by atoms with Crippen molar-refractivity contribution in [1.82, 2.24) is 4.57 Å². The van der Waals surface area contributed by atoms with E-state index in [-0.39, 0.29) is 0 Å². The Morgan fingerprint density at radius 1 is 0.926 bits per heavy atom. The largest absolute Gasteiger partial charge is 0.376 e. The fourth-order valence-corrected chi connectivity index (χ4v) is 5.72. The molecule has 1 aliphatic carbocycles. The summed E-state index contributed by atoms with van der Waals surface area (Å²) in [6, 6.07) is 17.7. The van der Waals surface area contributed by atoms with Crippen LogP contribution in [0.4, 0.5) is 5.69 Å². The number of hydrogen-bond acceptors (Lipinski definition) is 1. The molecular weight excluding hydrogens is 396 g/mol. The highest BCUT2D eigenvalue weighted by molar-refractivity contribution is 9.10. The predicted molar refractivity (Wildman–Crippen MR) is 119 cm³/mol. The molecule has 0 N–H and O–H groups in total. The van der Waals surface area contributed by atoms with Crippen molar-refractivity contribution < 1.29 is 0 Å². The summed E-state index contributed by atoms with van der Waals surface area (Å²) < 4.78 is 3.76. The first-order valence-corrected chi connectivity index (χ1v) is 10.4. The van der Waals surface area contributed by atoms with Crippen molar-refractivity contribution in [3.8, 4) is 0 Å². The highest BCUT2D eigenvalue weighted by Gasteiger charge is 2.27. The monoisotopic (exact) mass is 418 g/mol. The van der Waals surface area contributed by atoms with Crippen LogP contribution in [0.3, 0.4) is 0 Å². The number of benzene rings is 3. The van der Waals surface area contributed by atoms with Gasteiger partial charge in [0, 0.05) is 47.8 Å². The van der Waals surface area contributed by atoms with Crippen molar-refractivity contribution in [2.45, 2.75) is 26.3 Å². The number of anilines is 1. The van der Waals surface area contributed by atoms with E-state index >= 15 is 0 Å². The molecular formula is C24H23BrN2. The fourth-order valence-electron chi connectivity index (χ4n) is 4.79. The molecule has 5 rings (SSSR count). The maximum atomic E-state index is 4.01. The summed E-state index contributed by atoms with van der Waals surface area (Å²) in [5.74, 6) is 0. The Balaban J connectivity index is 1.99. The summed E-state index contributed by atoms with van der Waals surface area (Å²) in [5.41, 5.74) is 9.89. The summed E-state index contributed by atoms with van der Waals surface area (Å²) in [7, 11) is 4.31. The second-order valence-electron chi connectivity index (χ2n) is 7.62.